The topological polar surface area (TPSA) is 47.2 Å². The lowest BCUT2D eigenvalue weighted by Crippen LogP contribution is -2.23. The largest absolute Gasteiger partial charge is 0.290 e. The molecule has 4 rings (SSSR count). The monoisotopic (exact) mass is 441 g/mol. The number of alkyl halides is 2. The summed E-state index contributed by atoms with van der Waals surface area (Å²) in [6.45, 7) is 6.05. The maximum atomic E-state index is 13.7. The highest BCUT2D eigenvalue weighted by atomic mass is 35.5. The van der Waals surface area contributed by atoms with E-state index in [1.165, 1.54) is 23.6 Å². The molecule has 1 aromatic heterocycles. The van der Waals surface area contributed by atoms with Crippen LogP contribution in [-0.4, -0.2) is 33.7 Å². The molecule has 0 amide bonds. The van der Waals surface area contributed by atoms with Crippen LogP contribution in [0.2, 0.25) is 5.15 Å². The van der Waals surface area contributed by atoms with E-state index in [2.05, 4.69) is 17.0 Å². The van der Waals surface area contributed by atoms with Gasteiger partial charge in [0.1, 0.15) is 22.7 Å². The van der Waals surface area contributed by atoms with Gasteiger partial charge in [-0.1, -0.05) is 56.5 Å². The standard InChI is InChI=1S/C15H13ClFN3O.C4H8.C3H6F2/c1-2-12-14(21)13-10(7-18-12)15(16)20(19-13)8-9-5-3-4-6-11(9)17;1-4-2-3-4;1-3(2,4)5/h3-7,12H,2,8H2,1H3;4H,2-3H2,1H3;1-2H3. The van der Waals surface area contributed by atoms with Gasteiger partial charge in [0.05, 0.1) is 12.1 Å². The first-order chi connectivity index (χ1) is 14.0. The molecule has 1 atom stereocenters. The van der Waals surface area contributed by atoms with Crippen molar-refractivity contribution in [2.45, 2.75) is 65.5 Å². The van der Waals surface area contributed by atoms with Crippen LogP contribution >= 0.6 is 11.6 Å². The number of ketones is 1. The zero-order chi connectivity index (χ0) is 22.5. The number of carbonyl (C=O) groups is 1. The van der Waals surface area contributed by atoms with Crippen molar-refractivity contribution in [2.75, 3.05) is 0 Å². The number of hydrogen-bond acceptors (Lipinski definition) is 3. The van der Waals surface area contributed by atoms with Gasteiger partial charge in [0.2, 0.25) is 11.7 Å². The van der Waals surface area contributed by atoms with Gasteiger partial charge in [0.15, 0.2) is 0 Å². The Hall–Kier alpha value is -2.15. The second-order valence-corrected chi connectivity index (χ2v) is 8.24. The number of aliphatic imine (C=N–C) groups is 1. The molecule has 0 saturated heterocycles. The van der Waals surface area contributed by atoms with Crippen LogP contribution in [0.25, 0.3) is 0 Å². The number of halogens is 4. The Labute approximate surface area is 180 Å². The molecule has 1 aliphatic carbocycles. The molecule has 1 aromatic carbocycles. The molecule has 0 bridgehead atoms. The van der Waals surface area contributed by atoms with Crippen LogP contribution in [0.3, 0.4) is 0 Å². The summed E-state index contributed by atoms with van der Waals surface area (Å²) in [5.41, 5.74) is 1.30. The van der Waals surface area contributed by atoms with Crippen LogP contribution in [-0.2, 0) is 6.54 Å². The SMILES string of the molecule is CC(C)(F)F.CC1CC1.CCC1N=Cc2c(nn(Cc3ccccc3F)c2Cl)C1=O. The van der Waals surface area contributed by atoms with Gasteiger partial charge in [-0.05, 0) is 32.3 Å². The fraction of sp³-hybridized carbons (Fsp3) is 0.500. The summed E-state index contributed by atoms with van der Waals surface area (Å²) in [6, 6.07) is 6.01. The Kier molecular flexibility index (Phi) is 8.24. The Bertz CT molecular complexity index is 896. The van der Waals surface area contributed by atoms with Gasteiger partial charge in [-0.2, -0.15) is 5.10 Å². The minimum Gasteiger partial charge on any atom is -0.290 e. The number of nitrogens with zero attached hydrogens (tertiary/aromatic N) is 3. The van der Waals surface area contributed by atoms with Gasteiger partial charge in [0.25, 0.3) is 0 Å². The lowest BCUT2D eigenvalue weighted by atomic mass is 10.0. The van der Waals surface area contributed by atoms with Crippen molar-refractivity contribution in [2.24, 2.45) is 10.9 Å². The predicted molar refractivity (Wildman–Crippen MR) is 113 cm³/mol. The van der Waals surface area contributed by atoms with Crippen molar-refractivity contribution in [3.8, 4) is 0 Å². The zero-order valence-corrected chi connectivity index (χ0v) is 18.4. The average Bonchev–Trinajstić information content (AvgIpc) is 3.38. The summed E-state index contributed by atoms with van der Waals surface area (Å²) in [6.07, 6.45) is 5.17. The van der Waals surface area contributed by atoms with Crippen molar-refractivity contribution in [1.29, 1.82) is 0 Å². The van der Waals surface area contributed by atoms with Crippen LogP contribution in [0, 0.1) is 11.7 Å². The third-order valence-electron chi connectivity index (χ3n) is 4.37. The normalized spacial score (nSPS) is 17.5. The Balaban J connectivity index is 0.000000297. The average molecular weight is 442 g/mol. The van der Waals surface area contributed by atoms with Gasteiger partial charge in [-0.15, -0.1) is 0 Å². The summed E-state index contributed by atoms with van der Waals surface area (Å²) < 4.78 is 37.2. The molecule has 8 heteroatoms. The molecule has 1 aliphatic heterocycles. The number of hydrogen-bond donors (Lipinski definition) is 0. The number of aromatic nitrogens is 2. The molecule has 0 spiro atoms. The zero-order valence-electron chi connectivity index (χ0n) is 17.6. The fourth-order valence-corrected chi connectivity index (χ4v) is 2.73. The molecular weight excluding hydrogens is 415 g/mol. The molecule has 164 valence electrons. The maximum absolute atomic E-state index is 13.7. The van der Waals surface area contributed by atoms with E-state index < -0.39 is 12.0 Å². The number of benzene rings is 1. The second-order valence-electron chi connectivity index (χ2n) is 7.88. The first kappa shape index (κ1) is 24.1. The number of rotatable bonds is 3. The number of carbonyl (C=O) groups excluding carboxylic acids is 1. The molecular formula is C22H27ClF3N3O. The summed E-state index contributed by atoms with van der Waals surface area (Å²) in [7, 11) is 0. The summed E-state index contributed by atoms with van der Waals surface area (Å²) >= 11 is 6.24. The summed E-state index contributed by atoms with van der Waals surface area (Å²) in [4.78, 5) is 16.4. The number of fused-ring (bicyclic) bond motifs is 1. The van der Waals surface area contributed by atoms with Crippen LogP contribution in [0.5, 0.6) is 0 Å². The van der Waals surface area contributed by atoms with Gasteiger partial charge in [0, 0.05) is 11.8 Å². The van der Waals surface area contributed by atoms with E-state index in [4.69, 9.17) is 11.6 Å². The fourth-order valence-electron chi connectivity index (χ4n) is 2.49. The van der Waals surface area contributed by atoms with Crippen molar-refractivity contribution < 1.29 is 18.0 Å². The van der Waals surface area contributed by atoms with Crippen LogP contribution < -0.4 is 0 Å². The predicted octanol–water partition coefficient (Wildman–Crippen LogP) is 6.20. The Morgan fingerprint density at radius 2 is 1.80 bits per heavy atom. The molecule has 2 heterocycles. The molecule has 30 heavy (non-hydrogen) atoms. The van der Waals surface area contributed by atoms with E-state index >= 15 is 0 Å². The third-order valence-corrected chi connectivity index (χ3v) is 4.77. The smallest absolute Gasteiger partial charge is 0.242 e. The highest BCUT2D eigenvalue weighted by molar-refractivity contribution is 6.33. The number of Topliss-reactive ketones (excluding diaryl/α,β-unsaturated/α-hetero) is 1. The molecule has 1 saturated carbocycles. The highest BCUT2D eigenvalue weighted by Crippen LogP contribution is 2.27. The lowest BCUT2D eigenvalue weighted by Gasteiger charge is -2.11. The lowest BCUT2D eigenvalue weighted by molar-refractivity contribution is 0.0437. The molecule has 1 unspecified atom stereocenters. The molecule has 1 fully saturated rings. The van der Waals surface area contributed by atoms with E-state index in [-0.39, 0.29) is 18.1 Å². The minimum absolute atomic E-state index is 0.135. The van der Waals surface area contributed by atoms with Gasteiger partial charge in [-0.25, -0.2) is 17.9 Å². The summed E-state index contributed by atoms with van der Waals surface area (Å²) in [5.74, 6) is -1.88. The van der Waals surface area contributed by atoms with Crippen LogP contribution in [0.1, 0.15) is 68.6 Å². The van der Waals surface area contributed by atoms with E-state index in [1.807, 2.05) is 6.92 Å². The second kappa shape index (κ2) is 10.2. The Morgan fingerprint density at radius 3 is 2.30 bits per heavy atom. The Morgan fingerprint density at radius 1 is 1.23 bits per heavy atom. The minimum atomic E-state index is -2.50. The molecule has 2 aromatic rings. The quantitative estimate of drug-likeness (QED) is 0.569. The first-order valence-corrected chi connectivity index (χ1v) is 10.3. The van der Waals surface area contributed by atoms with Crippen LogP contribution in [0.15, 0.2) is 29.3 Å². The van der Waals surface area contributed by atoms with Gasteiger partial charge >= 0.3 is 0 Å². The van der Waals surface area contributed by atoms with Crippen molar-refractivity contribution >= 4 is 23.6 Å². The first-order valence-electron chi connectivity index (χ1n) is 9.96. The molecule has 2 aliphatic rings. The van der Waals surface area contributed by atoms with E-state index in [9.17, 15) is 18.0 Å². The van der Waals surface area contributed by atoms with E-state index in [1.54, 1.807) is 24.4 Å². The molecule has 4 nitrogen and oxygen atoms in total. The molecule has 0 N–H and O–H groups in total. The maximum Gasteiger partial charge on any atom is 0.242 e. The third kappa shape index (κ3) is 7.27. The summed E-state index contributed by atoms with van der Waals surface area (Å²) in [5, 5.41) is 4.55. The van der Waals surface area contributed by atoms with Crippen molar-refractivity contribution in [3.05, 3.63) is 52.1 Å². The van der Waals surface area contributed by atoms with Gasteiger partial charge in [-0.3, -0.25) is 9.79 Å². The molecule has 0 radical (unpaired) electrons. The van der Waals surface area contributed by atoms with E-state index in [0.29, 0.717) is 28.4 Å². The van der Waals surface area contributed by atoms with Crippen LogP contribution in [0.4, 0.5) is 13.2 Å². The van der Waals surface area contributed by atoms with Crippen molar-refractivity contribution in [3.63, 3.8) is 0 Å². The van der Waals surface area contributed by atoms with E-state index in [0.717, 1.165) is 19.8 Å². The van der Waals surface area contributed by atoms with Gasteiger partial charge < -0.3 is 0 Å². The highest BCUT2D eigenvalue weighted by Gasteiger charge is 2.29. The van der Waals surface area contributed by atoms with Crippen molar-refractivity contribution in [1.82, 2.24) is 9.78 Å².